The first-order chi connectivity index (χ1) is 9.56. The fourth-order valence-corrected chi connectivity index (χ4v) is 2.15. The number of benzene rings is 1. The van der Waals surface area contributed by atoms with Crippen LogP contribution < -0.4 is 5.32 Å². The van der Waals surface area contributed by atoms with Crippen molar-refractivity contribution in [1.29, 1.82) is 0 Å². The largest absolute Gasteiger partial charge is 0.348 e. The van der Waals surface area contributed by atoms with Crippen molar-refractivity contribution in [2.24, 2.45) is 0 Å². The van der Waals surface area contributed by atoms with E-state index < -0.39 is 0 Å². The maximum absolute atomic E-state index is 12.0. The zero-order valence-electron chi connectivity index (χ0n) is 10.9. The molecule has 0 saturated heterocycles. The van der Waals surface area contributed by atoms with Gasteiger partial charge in [0.15, 0.2) is 0 Å². The number of carbonyl (C=O) groups is 1. The number of hydrogen-bond donors (Lipinski definition) is 1. The number of carbonyl (C=O) groups excluding carboxylic acids is 1. The third kappa shape index (κ3) is 3.95. The molecule has 0 aliphatic rings. The highest BCUT2D eigenvalue weighted by atomic mass is 35.5. The van der Waals surface area contributed by atoms with Crippen LogP contribution >= 0.6 is 23.2 Å². The second kappa shape index (κ2) is 6.73. The summed E-state index contributed by atoms with van der Waals surface area (Å²) in [6.07, 6.45) is 1.96. The molecule has 20 heavy (non-hydrogen) atoms. The van der Waals surface area contributed by atoms with Gasteiger partial charge in [-0.3, -0.25) is 9.78 Å². The van der Waals surface area contributed by atoms with Gasteiger partial charge in [0.05, 0.1) is 28.2 Å². The molecule has 0 aliphatic carbocycles. The van der Waals surface area contributed by atoms with Crippen molar-refractivity contribution in [2.75, 3.05) is 0 Å². The van der Waals surface area contributed by atoms with E-state index in [0.717, 1.165) is 11.3 Å². The number of aromatic nitrogens is 1. The lowest BCUT2D eigenvalue weighted by Gasteiger charge is -2.13. The molecule has 1 aromatic heterocycles. The number of hydrogen-bond acceptors (Lipinski definition) is 2. The van der Waals surface area contributed by atoms with Gasteiger partial charge in [-0.2, -0.15) is 0 Å². The predicted molar refractivity (Wildman–Crippen MR) is 81.0 cm³/mol. The summed E-state index contributed by atoms with van der Waals surface area (Å²) < 4.78 is 0. The third-order valence-corrected chi connectivity index (χ3v) is 3.60. The van der Waals surface area contributed by atoms with Crippen LogP contribution in [-0.2, 0) is 11.2 Å². The van der Waals surface area contributed by atoms with Crippen molar-refractivity contribution in [3.8, 4) is 0 Å². The molecule has 104 valence electrons. The average molecular weight is 309 g/mol. The van der Waals surface area contributed by atoms with Gasteiger partial charge >= 0.3 is 0 Å². The van der Waals surface area contributed by atoms with E-state index in [1.807, 2.05) is 25.1 Å². The van der Waals surface area contributed by atoms with E-state index in [9.17, 15) is 4.79 Å². The fourth-order valence-electron chi connectivity index (χ4n) is 1.83. The lowest BCUT2D eigenvalue weighted by Crippen LogP contribution is -2.28. The van der Waals surface area contributed by atoms with Crippen molar-refractivity contribution < 1.29 is 4.79 Å². The number of pyridine rings is 1. The molecule has 0 aliphatic heterocycles. The summed E-state index contributed by atoms with van der Waals surface area (Å²) in [5.74, 6) is -0.0819. The van der Waals surface area contributed by atoms with E-state index >= 15 is 0 Å². The second-order valence-electron chi connectivity index (χ2n) is 4.47. The van der Waals surface area contributed by atoms with Crippen LogP contribution in [0.15, 0.2) is 42.6 Å². The Balaban J connectivity index is 1.97. The Labute approximate surface area is 127 Å². The molecule has 0 fully saturated rings. The van der Waals surface area contributed by atoms with Crippen molar-refractivity contribution >= 4 is 29.1 Å². The molecule has 5 heteroatoms. The quantitative estimate of drug-likeness (QED) is 0.933. The van der Waals surface area contributed by atoms with E-state index in [2.05, 4.69) is 10.3 Å². The molecule has 0 bridgehead atoms. The molecule has 0 saturated carbocycles. The van der Waals surface area contributed by atoms with E-state index in [4.69, 9.17) is 23.2 Å². The summed E-state index contributed by atoms with van der Waals surface area (Å²) >= 11 is 11.8. The van der Waals surface area contributed by atoms with Gasteiger partial charge in [-0.05, 0) is 36.8 Å². The number of rotatable bonds is 4. The van der Waals surface area contributed by atoms with Crippen LogP contribution in [0.4, 0.5) is 0 Å². The van der Waals surface area contributed by atoms with E-state index in [0.29, 0.717) is 10.0 Å². The zero-order chi connectivity index (χ0) is 14.5. The molecule has 0 spiro atoms. The number of amides is 1. The lowest BCUT2D eigenvalue weighted by atomic mass is 10.1. The third-order valence-electron chi connectivity index (χ3n) is 2.86. The van der Waals surface area contributed by atoms with Gasteiger partial charge in [-0.15, -0.1) is 0 Å². The Hall–Kier alpha value is -1.58. The van der Waals surface area contributed by atoms with E-state index in [-0.39, 0.29) is 18.4 Å². The SMILES string of the molecule is CC(NC(=O)Cc1ccc(Cl)c(Cl)c1)c1ccccn1. The van der Waals surface area contributed by atoms with Crippen molar-refractivity contribution in [1.82, 2.24) is 10.3 Å². The van der Waals surface area contributed by atoms with Crippen molar-refractivity contribution in [3.63, 3.8) is 0 Å². The summed E-state index contributed by atoms with van der Waals surface area (Å²) in [7, 11) is 0. The van der Waals surface area contributed by atoms with Crippen LogP contribution in [0.1, 0.15) is 24.2 Å². The van der Waals surface area contributed by atoms with E-state index in [1.54, 1.807) is 24.4 Å². The minimum Gasteiger partial charge on any atom is -0.348 e. The molecular formula is C15H14Cl2N2O. The zero-order valence-corrected chi connectivity index (χ0v) is 12.4. The Morgan fingerprint density at radius 3 is 2.70 bits per heavy atom. The molecule has 1 aromatic carbocycles. The summed E-state index contributed by atoms with van der Waals surface area (Å²) in [4.78, 5) is 16.2. The van der Waals surface area contributed by atoms with Crippen LogP contribution in [0.25, 0.3) is 0 Å². The van der Waals surface area contributed by atoms with Crippen molar-refractivity contribution in [2.45, 2.75) is 19.4 Å². The lowest BCUT2D eigenvalue weighted by molar-refractivity contribution is -0.121. The number of halogens is 2. The predicted octanol–water partition coefficient (Wildman–Crippen LogP) is 3.81. The normalized spacial score (nSPS) is 11.9. The summed E-state index contributed by atoms with van der Waals surface area (Å²) in [5, 5.41) is 3.84. The van der Waals surface area contributed by atoms with Gasteiger partial charge in [0.25, 0.3) is 0 Å². The van der Waals surface area contributed by atoms with Gasteiger partial charge in [0.1, 0.15) is 0 Å². The van der Waals surface area contributed by atoms with Crippen LogP contribution in [-0.4, -0.2) is 10.9 Å². The molecule has 1 heterocycles. The highest BCUT2D eigenvalue weighted by molar-refractivity contribution is 6.42. The smallest absolute Gasteiger partial charge is 0.224 e. The average Bonchev–Trinajstić information content (AvgIpc) is 2.44. The molecule has 1 N–H and O–H groups in total. The summed E-state index contributed by atoms with van der Waals surface area (Å²) in [5.41, 5.74) is 1.65. The Morgan fingerprint density at radius 1 is 1.25 bits per heavy atom. The standard InChI is InChI=1S/C15H14Cl2N2O/c1-10(14-4-2-3-7-18-14)19-15(20)9-11-5-6-12(16)13(17)8-11/h2-8,10H,9H2,1H3,(H,19,20). The number of nitrogens with one attached hydrogen (secondary N) is 1. The topological polar surface area (TPSA) is 42.0 Å². The molecular weight excluding hydrogens is 295 g/mol. The Morgan fingerprint density at radius 2 is 2.05 bits per heavy atom. The second-order valence-corrected chi connectivity index (χ2v) is 5.28. The minimum absolute atomic E-state index is 0.0819. The summed E-state index contributed by atoms with van der Waals surface area (Å²) in [6, 6.07) is 10.7. The first kappa shape index (κ1) is 14.8. The van der Waals surface area contributed by atoms with Crippen LogP contribution in [0.5, 0.6) is 0 Å². The molecule has 1 atom stereocenters. The Kier molecular flexibility index (Phi) is 4.99. The minimum atomic E-state index is -0.133. The molecule has 2 aromatic rings. The van der Waals surface area contributed by atoms with E-state index in [1.165, 1.54) is 0 Å². The van der Waals surface area contributed by atoms with Gasteiger partial charge in [0, 0.05) is 6.20 Å². The highest BCUT2D eigenvalue weighted by Gasteiger charge is 2.11. The Bertz CT molecular complexity index is 602. The van der Waals surface area contributed by atoms with Gasteiger partial charge in [0.2, 0.25) is 5.91 Å². The maximum atomic E-state index is 12.0. The molecule has 1 unspecified atom stereocenters. The monoisotopic (exact) mass is 308 g/mol. The molecule has 0 radical (unpaired) electrons. The van der Waals surface area contributed by atoms with Crippen molar-refractivity contribution in [3.05, 3.63) is 63.9 Å². The maximum Gasteiger partial charge on any atom is 0.224 e. The van der Waals surface area contributed by atoms with Crippen LogP contribution in [0.3, 0.4) is 0 Å². The summed E-state index contributed by atoms with van der Waals surface area (Å²) in [6.45, 7) is 1.90. The van der Waals surface area contributed by atoms with Gasteiger partial charge in [-0.1, -0.05) is 35.3 Å². The first-order valence-corrected chi connectivity index (χ1v) is 6.96. The van der Waals surface area contributed by atoms with Crippen LogP contribution in [0, 0.1) is 0 Å². The molecule has 3 nitrogen and oxygen atoms in total. The van der Waals surface area contributed by atoms with Gasteiger partial charge < -0.3 is 5.32 Å². The number of nitrogens with zero attached hydrogens (tertiary/aromatic N) is 1. The molecule has 1 amide bonds. The van der Waals surface area contributed by atoms with Gasteiger partial charge in [-0.25, -0.2) is 0 Å². The first-order valence-electron chi connectivity index (χ1n) is 6.20. The highest BCUT2D eigenvalue weighted by Crippen LogP contribution is 2.22. The molecule has 2 rings (SSSR count). The van der Waals surface area contributed by atoms with Crippen LogP contribution in [0.2, 0.25) is 10.0 Å². The fraction of sp³-hybridized carbons (Fsp3) is 0.200.